The summed E-state index contributed by atoms with van der Waals surface area (Å²) in [5, 5.41) is 2.60. The van der Waals surface area contributed by atoms with Crippen molar-refractivity contribution in [1.82, 2.24) is 5.32 Å². The van der Waals surface area contributed by atoms with Crippen molar-refractivity contribution in [3.63, 3.8) is 0 Å². The molecule has 1 fully saturated rings. The van der Waals surface area contributed by atoms with Crippen molar-refractivity contribution < 1.29 is 22.6 Å². The molecule has 1 aromatic rings. The first-order valence-corrected chi connectivity index (χ1v) is 6.60. The fraction of sp³-hybridized carbons (Fsp3) is 0.500. The third-order valence-corrected chi connectivity index (χ3v) is 4.00. The van der Waals surface area contributed by atoms with Crippen molar-refractivity contribution >= 4 is 15.9 Å². The number of benzene rings is 1. The molecule has 3 nitrogen and oxygen atoms in total. The summed E-state index contributed by atoms with van der Waals surface area (Å²) >= 11 is 3.32. The molecule has 0 saturated heterocycles. The zero-order chi connectivity index (χ0) is 13.7. The van der Waals surface area contributed by atoms with Crippen molar-refractivity contribution in [2.75, 3.05) is 6.79 Å². The van der Waals surface area contributed by atoms with Gasteiger partial charge in [0.2, 0.25) is 6.79 Å². The number of rotatable bonds is 3. The fourth-order valence-corrected chi connectivity index (χ4v) is 2.68. The molecule has 0 bridgehead atoms. The maximum Gasteiger partial charge on any atom is 0.406 e. The Morgan fingerprint density at radius 2 is 2.00 bits per heavy atom. The van der Waals surface area contributed by atoms with Crippen molar-refractivity contribution in [2.24, 2.45) is 0 Å². The van der Waals surface area contributed by atoms with Crippen molar-refractivity contribution in [1.29, 1.82) is 0 Å². The van der Waals surface area contributed by atoms with Gasteiger partial charge in [-0.25, -0.2) is 0 Å². The highest BCUT2D eigenvalue weighted by Crippen LogP contribution is 2.49. The van der Waals surface area contributed by atoms with E-state index in [1.807, 2.05) is 0 Å². The molecule has 1 aliphatic heterocycles. The number of ether oxygens (including phenoxy) is 2. The molecule has 0 amide bonds. The number of fused-ring (bicyclic) bond motifs is 1. The van der Waals surface area contributed by atoms with Crippen LogP contribution in [0.4, 0.5) is 13.2 Å². The Labute approximate surface area is 116 Å². The summed E-state index contributed by atoms with van der Waals surface area (Å²) in [4.78, 5) is 0. The van der Waals surface area contributed by atoms with Gasteiger partial charge in [0, 0.05) is 6.54 Å². The average molecular weight is 338 g/mol. The van der Waals surface area contributed by atoms with Crippen LogP contribution in [0, 0.1) is 0 Å². The van der Waals surface area contributed by atoms with Crippen LogP contribution in [0.15, 0.2) is 16.6 Å². The summed E-state index contributed by atoms with van der Waals surface area (Å²) in [7, 11) is 0. The average Bonchev–Trinajstić information content (AvgIpc) is 2.98. The van der Waals surface area contributed by atoms with Crippen LogP contribution < -0.4 is 14.8 Å². The second kappa shape index (κ2) is 4.28. The van der Waals surface area contributed by atoms with Gasteiger partial charge in [-0.05, 0) is 46.5 Å². The van der Waals surface area contributed by atoms with Gasteiger partial charge in [-0.2, -0.15) is 13.2 Å². The van der Waals surface area contributed by atoms with Crippen molar-refractivity contribution in [2.45, 2.75) is 31.1 Å². The lowest BCUT2D eigenvalue weighted by atomic mass is 10.1. The monoisotopic (exact) mass is 337 g/mol. The number of hydrogen-bond donors (Lipinski definition) is 1. The second-order valence-electron chi connectivity index (χ2n) is 4.74. The Kier molecular flexibility index (Phi) is 2.94. The molecule has 7 heteroatoms. The molecule has 0 spiro atoms. The molecule has 2 aliphatic rings. The first kappa shape index (κ1) is 13.1. The minimum atomic E-state index is -4.19. The standard InChI is InChI=1S/C12H11BrF3NO2/c13-8-3-7(4-9-10(8)19-6-18-9)5-17-11(1-2-11)12(14,15)16/h3-4,17H,1-2,5-6H2. The van der Waals surface area contributed by atoms with Crippen LogP contribution in [-0.4, -0.2) is 18.5 Å². The van der Waals surface area contributed by atoms with E-state index < -0.39 is 11.7 Å². The van der Waals surface area contributed by atoms with E-state index in [1.54, 1.807) is 12.1 Å². The molecule has 19 heavy (non-hydrogen) atoms. The summed E-state index contributed by atoms with van der Waals surface area (Å²) in [6.07, 6.45) is -3.91. The second-order valence-corrected chi connectivity index (χ2v) is 5.60. The number of alkyl halides is 3. The number of halogens is 4. The molecule has 3 rings (SSSR count). The normalized spacial score (nSPS) is 19.6. The quantitative estimate of drug-likeness (QED) is 0.917. The summed E-state index contributed by atoms with van der Waals surface area (Å²) < 4.78 is 49.5. The third kappa shape index (κ3) is 2.29. The molecule has 0 aromatic heterocycles. The van der Waals surface area contributed by atoms with Crippen LogP contribution in [0.25, 0.3) is 0 Å². The molecule has 1 saturated carbocycles. The van der Waals surface area contributed by atoms with Crippen LogP contribution >= 0.6 is 15.9 Å². The molecular formula is C12H11BrF3NO2. The van der Waals surface area contributed by atoms with Gasteiger partial charge in [0.15, 0.2) is 11.5 Å². The van der Waals surface area contributed by atoms with Gasteiger partial charge in [0.25, 0.3) is 0 Å². The minimum Gasteiger partial charge on any atom is -0.454 e. The molecule has 0 unspecified atom stereocenters. The Morgan fingerprint density at radius 3 is 2.63 bits per heavy atom. The lowest BCUT2D eigenvalue weighted by Gasteiger charge is -2.20. The van der Waals surface area contributed by atoms with Gasteiger partial charge in [0.05, 0.1) is 4.47 Å². The smallest absolute Gasteiger partial charge is 0.406 e. The maximum atomic E-state index is 12.8. The van der Waals surface area contributed by atoms with Crippen molar-refractivity contribution in [3.8, 4) is 11.5 Å². The molecule has 0 atom stereocenters. The highest BCUT2D eigenvalue weighted by Gasteiger charge is 2.62. The Bertz CT molecular complexity index is 514. The SMILES string of the molecule is FC(F)(F)C1(NCc2cc(Br)c3c(c2)OCO3)CC1. The summed E-state index contributed by atoms with van der Waals surface area (Å²) in [6, 6.07) is 3.44. The van der Waals surface area contributed by atoms with E-state index in [0.717, 1.165) is 5.56 Å². The largest absolute Gasteiger partial charge is 0.454 e. The Balaban J connectivity index is 1.73. The number of hydrogen-bond acceptors (Lipinski definition) is 3. The van der Waals surface area contributed by atoms with Crippen LogP contribution in [0.5, 0.6) is 11.5 Å². The predicted molar refractivity (Wildman–Crippen MR) is 65.1 cm³/mol. The fourth-order valence-electron chi connectivity index (χ4n) is 2.08. The van der Waals surface area contributed by atoms with E-state index in [2.05, 4.69) is 21.2 Å². The third-order valence-electron chi connectivity index (χ3n) is 3.41. The van der Waals surface area contributed by atoms with E-state index in [4.69, 9.17) is 9.47 Å². The highest BCUT2D eigenvalue weighted by molar-refractivity contribution is 9.10. The Hall–Kier alpha value is -0.950. The van der Waals surface area contributed by atoms with Crippen LogP contribution in [0.3, 0.4) is 0 Å². The highest BCUT2D eigenvalue weighted by atomic mass is 79.9. The van der Waals surface area contributed by atoms with Gasteiger partial charge in [-0.1, -0.05) is 0 Å². The van der Waals surface area contributed by atoms with Gasteiger partial charge in [-0.15, -0.1) is 0 Å². The molecule has 1 aromatic carbocycles. The van der Waals surface area contributed by atoms with Gasteiger partial charge < -0.3 is 9.47 Å². The van der Waals surface area contributed by atoms with E-state index in [1.165, 1.54) is 0 Å². The lowest BCUT2D eigenvalue weighted by Crippen LogP contribution is -2.44. The van der Waals surface area contributed by atoms with E-state index >= 15 is 0 Å². The molecule has 0 radical (unpaired) electrons. The number of nitrogens with one attached hydrogen (secondary N) is 1. The van der Waals surface area contributed by atoms with Gasteiger partial charge in [-0.3, -0.25) is 5.32 Å². The predicted octanol–water partition coefficient (Wildman–Crippen LogP) is 3.36. The molecular weight excluding hydrogens is 327 g/mol. The molecule has 1 heterocycles. The Morgan fingerprint density at radius 1 is 1.26 bits per heavy atom. The van der Waals surface area contributed by atoms with Gasteiger partial charge >= 0.3 is 6.18 Å². The minimum absolute atomic E-state index is 0.136. The van der Waals surface area contributed by atoms with E-state index in [0.29, 0.717) is 16.0 Å². The van der Waals surface area contributed by atoms with Crippen molar-refractivity contribution in [3.05, 3.63) is 22.2 Å². The summed E-state index contributed by atoms with van der Waals surface area (Å²) in [6.45, 7) is 0.284. The van der Waals surface area contributed by atoms with E-state index in [-0.39, 0.29) is 26.2 Å². The lowest BCUT2D eigenvalue weighted by molar-refractivity contribution is -0.166. The topological polar surface area (TPSA) is 30.5 Å². The first-order valence-electron chi connectivity index (χ1n) is 5.81. The summed E-state index contributed by atoms with van der Waals surface area (Å²) in [5.41, 5.74) is -0.970. The first-order chi connectivity index (χ1) is 8.91. The zero-order valence-electron chi connectivity index (χ0n) is 9.81. The van der Waals surface area contributed by atoms with Crippen LogP contribution in [0.2, 0.25) is 0 Å². The van der Waals surface area contributed by atoms with E-state index in [9.17, 15) is 13.2 Å². The summed E-state index contributed by atoms with van der Waals surface area (Å²) in [5.74, 6) is 1.16. The molecule has 1 N–H and O–H groups in total. The maximum absolute atomic E-state index is 12.8. The van der Waals surface area contributed by atoms with Crippen LogP contribution in [-0.2, 0) is 6.54 Å². The zero-order valence-corrected chi connectivity index (χ0v) is 11.4. The van der Waals surface area contributed by atoms with Gasteiger partial charge in [0.1, 0.15) is 5.54 Å². The molecule has 1 aliphatic carbocycles. The van der Waals surface area contributed by atoms with Crippen LogP contribution in [0.1, 0.15) is 18.4 Å². The molecule has 104 valence electrons.